The maximum atomic E-state index is 3.66. The highest BCUT2D eigenvalue weighted by atomic mass is 14.9. The molecule has 4 atom stereocenters. The summed E-state index contributed by atoms with van der Waals surface area (Å²) in [6, 6.07) is 0.701. The zero-order valence-electron chi connectivity index (χ0n) is 10.8. The lowest BCUT2D eigenvalue weighted by atomic mass is 9.57. The van der Waals surface area contributed by atoms with Gasteiger partial charge in [-0.2, -0.15) is 0 Å². The SMILES string of the molecule is CC1NCC(C)C(C)(C2CCCC2)C1C. The molecular weight excluding hydrogens is 182 g/mol. The molecule has 1 saturated carbocycles. The van der Waals surface area contributed by atoms with Gasteiger partial charge in [-0.1, -0.05) is 33.6 Å². The summed E-state index contributed by atoms with van der Waals surface area (Å²) in [5.41, 5.74) is 0.584. The summed E-state index contributed by atoms with van der Waals surface area (Å²) in [5.74, 6) is 2.66. The molecule has 88 valence electrons. The van der Waals surface area contributed by atoms with Crippen molar-refractivity contribution in [3.05, 3.63) is 0 Å². The van der Waals surface area contributed by atoms with Gasteiger partial charge >= 0.3 is 0 Å². The first-order valence-electron chi connectivity index (χ1n) is 6.80. The van der Waals surface area contributed by atoms with E-state index in [1.165, 1.54) is 32.2 Å². The van der Waals surface area contributed by atoms with Gasteiger partial charge in [-0.25, -0.2) is 0 Å². The molecule has 0 amide bonds. The maximum Gasteiger partial charge on any atom is 0.00698 e. The zero-order valence-corrected chi connectivity index (χ0v) is 10.8. The highest BCUT2D eigenvalue weighted by Gasteiger charge is 2.47. The van der Waals surface area contributed by atoms with E-state index in [1.807, 2.05) is 0 Å². The van der Waals surface area contributed by atoms with E-state index in [4.69, 9.17) is 0 Å². The Hall–Kier alpha value is -0.0400. The Morgan fingerprint density at radius 3 is 2.27 bits per heavy atom. The minimum absolute atomic E-state index is 0.584. The third-order valence-electron chi connectivity index (χ3n) is 5.77. The van der Waals surface area contributed by atoms with Crippen LogP contribution in [0.15, 0.2) is 0 Å². The second kappa shape index (κ2) is 4.08. The molecule has 1 saturated heterocycles. The van der Waals surface area contributed by atoms with Gasteiger partial charge in [-0.05, 0) is 49.5 Å². The Bertz CT molecular complexity index is 215. The van der Waals surface area contributed by atoms with Crippen LogP contribution in [0.1, 0.15) is 53.4 Å². The van der Waals surface area contributed by atoms with Gasteiger partial charge in [0.2, 0.25) is 0 Å². The van der Waals surface area contributed by atoms with Crippen LogP contribution in [0.2, 0.25) is 0 Å². The molecule has 2 rings (SSSR count). The molecule has 2 fully saturated rings. The molecule has 4 unspecified atom stereocenters. The van der Waals surface area contributed by atoms with E-state index in [2.05, 4.69) is 33.0 Å². The van der Waals surface area contributed by atoms with Crippen LogP contribution in [0.3, 0.4) is 0 Å². The lowest BCUT2D eigenvalue weighted by Gasteiger charge is -2.52. The van der Waals surface area contributed by atoms with Crippen molar-refractivity contribution in [3.8, 4) is 0 Å². The van der Waals surface area contributed by atoms with Gasteiger partial charge in [-0.3, -0.25) is 0 Å². The van der Waals surface area contributed by atoms with Crippen molar-refractivity contribution < 1.29 is 0 Å². The Morgan fingerprint density at radius 2 is 1.67 bits per heavy atom. The molecule has 15 heavy (non-hydrogen) atoms. The van der Waals surface area contributed by atoms with Crippen LogP contribution in [-0.4, -0.2) is 12.6 Å². The largest absolute Gasteiger partial charge is 0.314 e. The highest BCUT2D eigenvalue weighted by Crippen LogP contribution is 2.51. The van der Waals surface area contributed by atoms with E-state index >= 15 is 0 Å². The van der Waals surface area contributed by atoms with E-state index in [1.54, 1.807) is 0 Å². The van der Waals surface area contributed by atoms with Gasteiger partial charge in [0.25, 0.3) is 0 Å². The molecule has 1 heteroatoms. The second-order valence-electron chi connectivity index (χ2n) is 6.23. The maximum absolute atomic E-state index is 3.66. The van der Waals surface area contributed by atoms with Crippen molar-refractivity contribution in [3.63, 3.8) is 0 Å². The van der Waals surface area contributed by atoms with E-state index < -0.39 is 0 Å². The lowest BCUT2D eigenvalue weighted by Crippen LogP contribution is -2.55. The molecule has 1 N–H and O–H groups in total. The van der Waals surface area contributed by atoms with Gasteiger partial charge in [0, 0.05) is 6.04 Å². The summed E-state index contributed by atoms with van der Waals surface area (Å²) in [5, 5.41) is 3.66. The smallest absolute Gasteiger partial charge is 0.00698 e. The summed E-state index contributed by atoms with van der Waals surface area (Å²) in [6.07, 6.45) is 5.92. The molecule has 0 bridgehead atoms. The van der Waals surface area contributed by atoms with E-state index in [0.717, 1.165) is 17.8 Å². The molecule has 1 aliphatic carbocycles. The molecule has 1 nitrogen and oxygen atoms in total. The molecule has 0 radical (unpaired) electrons. The molecule has 0 aromatic heterocycles. The predicted molar refractivity (Wildman–Crippen MR) is 65.9 cm³/mol. The van der Waals surface area contributed by atoms with E-state index in [-0.39, 0.29) is 0 Å². The van der Waals surface area contributed by atoms with Crippen molar-refractivity contribution in [2.75, 3.05) is 6.54 Å². The number of piperidine rings is 1. The fraction of sp³-hybridized carbons (Fsp3) is 1.00. The predicted octanol–water partition coefficient (Wildman–Crippen LogP) is 3.45. The van der Waals surface area contributed by atoms with E-state index in [0.29, 0.717) is 11.5 Å². The van der Waals surface area contributed by atoms with Crippen molar-refractivity contribution in [1.29, 1.82) is 0 Å². The summed E-state index contributed by atoms with van der Waals surface area (Å²) in [6.45, 7) is 11.1. The van der Waals surface area contributed by atoms with Crippen LogP contribution in [0.4, 0.5) is 0 Å². The summed E-state index contributed by atoms with van der Waals surface area (Å²) < 4.78 is 0. The zero-order chi connectivity index (χ0) is 11.1. The van der Waals surface area contributed by atoms with Gasteiger partial charge < -0.3 is 5.32 Å². The van der Waals surface area contributed by atoms with Gasteiger partial charge in [-0.15, -0.1) is 0 Å². The lowest BCUT2D eigenvalue weighted by molar-refractivity contribution is -0.00979. The average molecular weight is 209 g/mol. The number of hydrogen-bond donors (Lipinski definition) is 1. The highest BCUT2D eigenvalue weighted by molar-refractivity contribution is 4.99. The molecule has 1 heterocycles. The minimum Gasteiger partial charge on any atom is -0.314 e. The number of nitrogens with one attached hydrogen (secondary N) is 1. The van der Waals surface area contributed by atoms with Crippen molar-refractivity contribution in [1.82, 2.24) is 5.32 Å². The van der Waals surface area contributed by atoms with Crippen molar-refractivity contribution >= 4 is 0 Å². The fourth-order valence-electron chi connectivity index (χ4n) is 4.07. The summed E-state index contributed by atoms with van der Waals surface area (Å²) in [7, 11) is 0. The van der Waals surface area contributed by atoms with Gasteiger partial charge in [0.05, 0.1) is 0 Å². The van der Waals surface area contributed by atoms with Crippen LogP contribution < -0.4 is 5.32 Å². The first kappa shape index (κ1) is 11.4. The van der Waals surface area contributed by atoms with Crippen molar-refractivity contribution in [2.24, 2.45) is 23.2 Å². The first-order valence-corrected chi connectivity index (χ1v) is 6.80. The van der Waals surface area contributed by atoms with Gasteiger partial charge in [0.1, 0.15) is 0 Å². The van der Waals surface area contributed by atoms with Gasteiger partial charge in [0.15, 0.2) is 0 Å². The Morgan fingerprint density at radius 1 is 1.07 bits per heavy atom. The molecule has 1 aliphatic heterocycles. The summed E-state index contributed by atoms with van der Waals surface area (Å²) in [4.78, 5) is 0. The summed E-state index contributed by atoms with van der Waals surface area (Å²) >= 11 is 0. The van der Waals surface area contributed by atoms with Crippen LogP contribution in [0.5, 0.6) is 0 Å². The Balaban J connectivity index is 2.20. The van der Waals surface area contributed by atoms with Crippen molar-refractivity contribution in [2.45, 2.75) is 59.4 Å². The second-order valence-corrected chi connectivity index (χ2v) is 6.23. The van der Waals surface area contributed by atoms with E-state index in [9.17, 15) is 0 Å². The Kier molecular flexibility index (Phi) is 3.12. The topological polar surface area (TPSA) is 12.0 Å². The van der Waals surface area contributed by atoms with Crippen LogP contribution in [0, 0.1) is 23.2 Å². The molecule has 2 aliphatic rings. The molecule has 0 spiro atoms. The van der Waals surface area contributed by atoms with Crippen LogP contribution >= 0.6 is 0 Å². The minimum atomic E-state index is 0.584. The fourth-order valence-corrected chi connectivity index (χ4v) is 4.07. The quantitative estimate of drug-likeness (QED) is 0.697. The van der Waals surface area contributed by atoms with Crippen LogP contribution in [-0.2, 0) is 0 Å². The number of rotatable bonds is 1. The molecule has 0 aromatic rings. The standard InChI is InChI=1S/C14H27N/c1-10-9-15-12(3)11(2)14(10,4)13-7-5-6-8-13/h10-13,15H,5-9H2,1-4H3. The monoisotopic (exact) mass is 209 g/mol. The normalized spacial score (nSPS) is 48.4. The Labute approximate surface area is 95.0 Å². The third-order valence-corrected chi connectivity index (χ3v) is 5.77. The van der Waals surface area contributed by atoms with Crippen LogP contribution in [0.25, 0.3) is 0 Å². The molecule has 0 aromatic carbocycles. The first-order chi connectivity index (χ1) is 7.06. The third kappa shape index (κ3) is 1.73. The number of hydrogen-bond acceptors (Lipinski definition) is 1. The molecular formula is C14H27N. The average Bonchev–Trinajstić information content (AvgIpc) is 2.74.